The SMILES string of the molecule is Cc1nnc(N2CCCC2C(C)C)c(C#N)c1C. The maximum absolute atomic E-state index is 9.36. The van der Waals surface area contributed by atoms with E-state index in [1.165, 1.54) is 12.8 Å². The molecule has 2 rings (SSSR count). The summed E-state index contributed by atoms with van der Waals surface area (Å²) in [4.78, 5) is 2.27. The van der Waals surface area contributed by atoms with Gasteiger partial charge >= 0.3 is 0 Å². The Labute approximate surface area is 109 Å². The van der Waals surface area contributed by atoms with Crippen molar-refractivity contribution >= 4 is 5.82 Å². The van der Waals surface area contributed by atoms with E-state index in [0.717, 1.165) is 23.6 Å². The Bertz CT molecular complexity index is 487. The molecule has 0 N–H and O–H groups in total. The zero-order valence-corrected chi connectivity index (χ0v) is 11.6. The summed E-state index contributed by atoms with van der Waals surface area (Å²) in [6.07, 6.45) is 2.35. The van der Waals surface area contributed by atoms with E-state index in [2.05, 4.69) is 35.0 Å². The average molecular weight is 244 g/mol. The van der Waals surface area contributed by atoms with Crippen LogP contribution in [-0.2, 0) is 0 Å². The molecule has 96 valence electrons. The summed E-state index contributed by atoms with van der Waals surface area (Å²) >= 11 is 0. The van der Waals surface area contributed by atoms with Gasteiger partial charge in [-0.1, -0.05) is 13.8 Å². The molecule has 0 spiro atoms. The highest BCUT2D eigenvalue weighted by atomic mass is 15.3. The number of hydrogen-bond donors (Lipinski definition) is 0. The van der Waals surface area contributed by atoms with Crippen molar-refractivity contribution in [2.45, 2.75) is 46.6 Å². The minimum atomic E-state index is 0.480. The lowest BCUT2D eigenvalue weighted by Gasteiger charge is -2.29. The van der Waals surface area contributed by atoms with Gasteiger partial charge in [0.1, 0.15) is 11.6 Å². The number of nitrogens with zero attached hydrogens (tertiary/aromatic N) is 4. The zero-order valence-electron chi connectivity index (χ0n) is 11.6. The Morgan fingerprint density at radius 3 is 2.67 bits per heavy atom. The van der Waals surface area contributed by atoms with Crippen molar-refractivity contribution in [3.63, 3.8) is 0 Å². The molecule has 0 aliphatic carbocycles. The van der Waals surface area contributed by atoms with Gasteiger partial charge in [-0.2, -0.15) is 10.4 Å². The van der Waals surface area contributed by atoms with Gasteiger partial charge in [0.05, 0.1) is 5.69 Å². The van der Waals surface area contributed by atoms with Crippen molar-refractivity contribution in [1.82, 2.24) is 10.2 Å². The van der Waals surface area contributed by atoms with Gasteiger partial charge in [-0.05, 0) is 38.2 Å². The molecule has 0 amide bonds. The average Bonchev–Trinajstić information content (AvgIpc) is 2.81. The predicted molar refractivity (Wildman–Crippen MR) is 71.4 cm³/mol. The molecule has 1 unspecified atom stereocenters. The largest absolute Gasteiger partial charge is 0.351 e. The van der Waals surface area contributed by atoms with Crippen LogP contribution in [0.25, 0.3) is 0 Å². The lowest BCUT2D eigenvalue weighted by atomic mass is 10.0. The fourth-order valence-corrected chi connectivity index (χ4v) is 2.68. The van der Waals surface area contributed by atoms with Crippen molar-refractivity contribution in [2.24, 2.45) is 5.92 Å². The van der Waals surface area contributed by atoms with Crippen molar-refractivity contribution in [3.8, 4) is 6.07 Å². The Morgan fingerprint density at radius 1 is 1.33 bits per heavy atom. The van der Waals surface area contributed by atoms with Gasteiger partial charge in [0.15, 0.2) is 5.82 Å². The van der Waals surface area contributed by atoms with Crippen LogP contribution < -0.4 is 4.90 Å². The van der Waals surface area contributed by atoms with E-state index in [1.54, 1.807) is 0 Å². The third-order valence-electron chi connectivity index (χ3n) is 3.89. The maximum atomic E-state index is 9.36. The van der Waals surface area contributed by atoms with E-state index >= 15 is 0 Å². The van der Waals surface area contributed by atoms with E-state index in [-0.39, 0.29) is 0 Å². The molecule has 4 heteroatoms. The second-order valence-electron chi connectivity index (χ2n) is 5.37. The molecule has 1 atom stereocenters. The van der Waals surface area contributed by atoms with Crippen LogP contribution in [-0.4, -0.2) is 22.8 Å². The normalized spacial score (nSPS) is 19.3. The molecule has 1 saturated heterocycles. The van der Waals surface area contributed by atoms with Crippen molar-refractivity contribution < 1.29 is 0 Å². The van der Waals surface area contributed by atoms with Crippen molar-refractivity contribution in [2.75, 3.05) is 11.4 Å². The van der Waals surface area contributed by atoms with E-state index in [0.29, 0.717) is 17.5 Å². The number of aromatic nitrogens is 2. The molecule has 1 aromatic rings. The number of aryl methyl sites for hydroxylation is 1. The Morgan fingerprint density at radius 2 is 2.06 bits per heavy atom. The summed E-state index contributed by atoms with van der Waals surface area (Å²) in [6, 6.07) is 2.78. The van der Waals surface area contributed by atoms with Crippen molar-refractivity contribution in [3.05, 3.63) is 16.8 Å². The molecule has 0 bridgehead atoms. The standard InChI is InChI=1S/C14H20N4/c1-9(2)13-6-5-7-18(13)14-12(8-15)10(3)11(4)16-17-14/h9,13H,5-7H2,1-4H3. The Kier molecular flexibility index (Phi) is 3.51. The maximum Gasteiger partial charge on any atom is 0.169 e. The summed E-state index contributed by atoms with van der Waals surface area (Å²) < 4.78 is 0. The minimum Gasteiger partial charge on any atom is -0.351 e. The zero-order chi connectivity index (χ0) is 13.3. The van der Waals surface area contributed by atoms with Gasteiger partial charge in [0, 0.05) is 12.6 Å². The third kappa shape index (κ3) is 2.05. The van der Waals surface area contributed by atoms with Crippen LogP contribution in [0.4, 0.5) is 5.82 Å². The Hall–Kier alpha value is -1.63. The van der Waals surface area contributed by atoms with E-state index in [1.807, 2.05) is 13.8 Å². The van der Waals surface area contributed by atoms with E-state index < -0.39 is 0 Å². The van der Waals surface area contributed by atoms with Gasteiger partial charge in [-0.15, -0.1) is 5.10 Å². The molecule has 18 heavy (non-hydrogen) atoms. The highest BCUT2D eigenvalue weighted by molar-refractivity contribution is 5.58. The van der Waals surface area contributed by atoms with Crippen LogP contribution in [0, 0.1) is 31.1 Å². The fourth-order valence-electron chi connectivity index (χ4n) is 2.68. The molecular formula is C14H20N4. The monoisotopic (exact) mass is 244 g/mol. The predicted octanol–water partition coefficient (Wildman–Crippen LogP) is 2.59. The fraction of sp³-hybridized carbons (Fsp3) is 0.643. The lowest BCUT2D eigenvalue weighted by Crippen LogP contribution is -2.35. The first-order chi connectivity index (χ1) is 8.56. The first-order valence-corrected chi connectivity index (χ1v) is 6.57. The smallest absolute Gasteiger partial charge is 0.169 e. The number of anilines is 1. The second kappa shape index (κ2) is 4.93. The van der Waals surface area contributed by atoms with Gasteiger partial charge in [-0.3, -0.25) is 0 Å². The Balaban J connectivity index is 2.46. The lowest BCUT2D eigenvalue weighted by molar-refractivity contribution is 0.488. The molecule has 0 aromatic carbocycles. The molecule has 1 fully saturated rings. The summed E-state index contributed by atoms with van der Waals surface area (Å²) in [5, 5.41) is 17.8. The topological polar surface area (TPSA) is 52.8 Å². The van der Waals surface area contributed by atoms with Crippen LogP contribution in [0.1, 0.15) is 43.5 Å². The molecule has 4 nitrogen and oxygen atoms in total. The van der Waals surface area contributed by atoms with Gasteiger partial charge in [-0.25, -0.2) is 0 Å². The minimum absolute atomic E-state index is 0.480. The molecule has 0 saturated carbocycles. The molecular weight excluding hydrogens is 224 g/mol. The summed E-state index contributed by atoms with van der Waals surface area (Å²) in [5.74, 6) is 1.35. The first-order valence-electron chi connectivity index (χ1n) is 6.57. The molecule has 0 radical (unpaired) electrons. The summed E-state index contributed by atoms with van der Waals surface area (Å²) in [5.41, 5.74) is 2.49. The molecule has 1 aromatic heterocycles. The second-order valence-corrected chi connectivity index (χ2v) is 5.37. The number of hydrogen-bond acceptors (Lipinski definition) is 4. The van der Waals surface area contributed by atoms with Gasteiger partial charge in [0.25, 0.3) is 0 Å². The first kappa shape index (κ1) is 12.8. The molecule has 1 aliphatic heterocycles. The van der Waals surface area contributed by atoms with Crippen molar-refractivity contribution in [1.29, 1.82) is 5.26 Å². The molecule has 1 aliphatic rings. The van der Waals surface area contributed by atoms with E-state index in [9.17, 15) is 5.26 Å². The third-order valence-corrected chi connectivity index (χ3v) is 3.89. The van der Waals surface area contributed by atoms with Crippen LogP contribution in [0.2, 0.25) is 0 Å². The highest BCUT2D eigenvalue weighted by Crippen LogP contribution is 2.31. The summed E-state index contributed by atoms with van der Waals surface area (Å²) in [6.45, 7) is 9.28. The number of nitriles is 1. The van der Waals surface area contributed by atoms with Crippen LogP contribution >= 0.6 is 0 Å². The summed E-state index contributed by atoms with van der Waals surface area (Å²) in [7, 11) is 0. The van der Waals surface area contributed by atoms with E-state index in [4.69, 9.17) is 0 Å². The highest BCUT2D eigenvalue weighted by Gasteiger charge is 2.30. The van der Waals surface area contributed by atoms with Crippen LogP contribution in [0.15, 0.2) is 0 Å². The quantitative estimate of drug-likeness (QED) is 0.802. The van der Waals surface area contributed by atoms with Gasteiger partial charge < -0.3 is 4.90 Å². The van der Waals surface area contributed by atoms with Crippen LogP contribution in [0.5, 0.6) is 0 Å². The van der Waals surface area contributed by atoms with Crippen LogP contribution in [0.3, 0.4) is 0 Å². The van der Waals surface area contributed by atoms with Gasteiger partial charge in [0.2, 0.25) is 0 Å². The number of rotatable bonds is 2. The molecule has 2 heterocycles.